The van der Waals surface area contributed by atoms with Crippen molar-refractivity contribution in [2.24, 2.45) is 0 Å². The van der Waals surface area contributed by atoms with Gasteiger partial charge in [0.15, 0.2) is 0 Å². The molecule has 1 fully saturated rings. The minimum absolute atomic E-state index is 0.0149. The molecule has 2 aromatic heterocycles. The van der Waals surface area contributed by atoms with Gasteiger partial charge in [-0.3, -0.25) is 4.79 Å². The van der Waals surface area contributed by atoms with Crippen LogP contribution in [-0.2, 0) is 0 Å². The van der Waals surface area contributed by atoms with E-state index in [1.54, 1.807) is 6.20 Å². The van der Waals surface area contributed by atoms with Crippen LogP contribution in [0.4, 0.5) is 0 Å². The highest BCUT2D eigenvalue weighted by atomic mass is 79.9. The first-order valence-electron chi connectivity index (χ1n) is 7.84. The summed E-state index contributed by atoms with van der Waals surface area (Å²) < 4.78 is 6.78. The Hall–Kier alpha value is -2.34. The zero-order chi connectivity index (χ0) is 16.5. The van der Waals surface area contributed by atoms with Crippen molar-refractivity contribution < 1.29 is 9.53 Å². The molecule has 1 aliphatic rings. The number of likely N-dealkylation sites (tertiary alicyclic amines) is 1. The zero-order valence-corrected chi connectivity index (χ0v) is 14.5. The lowest BCUT2D eigenvalue weighted by Gasteiger charge is -2.16. The maximum Gasteiger partial charge on any atom is 0.270 e. The number of nitrogens with one attached hydrogen (secondary N) is 1. The van der Waals surface area contributed by atoms with Crippen LogP contribution in [0.3, 0.4) is 0 Å². The Morgan fingerprint density at radius 1 is 1.29 bits per heavy atom. The predicted molar refractivity (Wildman–Crippen MR) is 95.2 cm³/mol. The number of rotatable bonds is 3. The Labute approximate surface area is 147 Å². The normalized spacial score (nSPS) is 17.4. The van der Waals surface area contributed by atoms with Crippen molar-refractivity contribution in [2.45, 2.75) is 12.5 Å². The van der Waals surface area contributed by atoms with Crippen molar-refractivity contribution >= 4 is 32.7 Å². The van der Waals surface area contributed by atoms with Gasteiger partial charge in [0, 0.05) is 40.6 Å². The van der Waals surface area contributed by atoms with E-state index in [1.807, 2.05) is 47.4 Å². The van der Waals surface area contributed by atoms with Crippen LogP contribution in [0.2, 0.25) is 0 Å². The standard InChI is InChI=1S/C18H16BrN3O2/c19-13-5-6-17(20-10-13)24-14-7-8-22(11-14)18(23)16-9-12-3-1-2-4-15(12)21-16/h1-6,9-10,14,21H,7-8,11H2. The van der Waals surface area contributed by atoms with Gasteiger partial charge in [0.05, 0.1) is 6.54 Å². The minimum Gasteiger partial charge on any atom is -0.472 e. The lowest BCUT2D eigenvalue weighted by atomic mass is 10.2. The summed E-state index contributed by atoms with van der Waals surface area (Å²) in [5.74, 6) is 0.601. The second-order valence-corrected chi connectivity index (χ2v) is 6.78. The molecular weight excluding hydrogens is 370 g/mol. The number of para-hydroxylation sites is 1. The van der Waals surface area contributed by atoms with Crippen molar-refractivity contribution in [3.05, 3.63) is 58.8 Å². The van der Waals surface area contributed by atoms with Crippen LogP contribution in [0.15, 0.2) is 53.1 Å². The molecule has 122 valence electrons. The van der Waals surface area contributed by atoms with E-state index in [0.29, 0.717) is 24.7 Å². The predicted octanol–water partition coefficient (Wildman–Crippen LogP) is 3.62. The number of nitrogens with zero attached hydrogens (tertiary/aromatic N) is 2. The number of ether oxygens (including phenoxy) is 1. The van der Waals surface area contributed by atoms with E-state index >= 15 is 0 Å². The second kappa shape index (κ2) is 6.28. The topological polar surface area (TPSA) is 58.2 Å². The summed E-state index contributed by atoms with van der Waals surface area (Å²) in [6, 6.07) is 13.5. The molecule has 4 rings (SSSR count). The summed E-state index contributed by atoms with van der Waals surface area (Å²) in [5.41, 5.74) is 1.60. The Morgan fingerprint density at radius 2 is 2.17 bits per heavy atom. The Kier molecular flexibility index (Phi) is 3.98. The van der Waals surface area contributed by atoms with Crippen LogP contribution in [0.1, 0.15) is 16.9 Å². The Bertz CT molecular complexity index is 842. The monoisotopic (exact) mass is 385 g/mol. The van der Waals surface area contributed by atoms with Crippen molar-refractivity contribution in [2.75, 3.05) is 13.1 Å². The number of fused-ring (bicyclic) bond motifs is 1. The number of hydrogen-bond acceptors (Lipinski definition) is 3. The summed E-state index contributed by atoms with van der Waals surface area (Å²) in [7, 11) is 0. The molecule has 0 bridgehead atoms. The van der Waals surface area contributed by atoms with E-state index in [0.717, 1.165) is 21.8 Å². The maximum atomic E-state index is 12.7. The van der Waals surface area contributed by atoms with Gasteiger partial charge in [-0.15, -0.1) is 0 Å². The number of carbonyl (C=O) groups is 1. The van der Waals surface area contributed by atoms with Crippen molar-refractivity contribution in [3.63, 3.8) is 0 Å². The molecule has 3 heterocycles. The molecule has 1 amide bonds. The van der Waals surface area contributed by atoms with Gasteiger partial charge in [-0.25, -0.2) is 4.98 Å². The van der Waals surface area contributed by atoms with E-state index in [-0.39, 0.29) is 12.0 Å². The van der Waals surface area contributed by atoms with Gasteiger partial charge in [-0.1, -0.05) is 18.2 Å². The van der Waals surface area contributed by atoms with E-state index in [9.17, 15) is 4.79 Å². The highest BCUT2D eigenvalue weighted by molar-refractivity contribution is 9.10. The fraction of sp³-hybridized carbons (Fsp3) is 0.222. The van der Waals surface area contributed by atoms with E-state index in [4.69, 9.17) is 4.74 Å². The highest BCUT2D eigenvalue weighted by Gasteiger charge is 2.29. The molecule has 0 radical (unpaired) electrons. The number of amides is 1. The largest absolute Gasteiger partial charge is 0.472 e. The molecule has 0 saturated carbocycles. The molecule has 1 saturated heterocycles. The fourth-order valence-electron chi connectivity index (χ4n) is 2.97. The van der Waals surface area contributed by atoms with Gasteiger partial charge in [0.25, 0.3) is 5.91 Å². The fourth-order valence-corrected chi connectivity index (χ4v) is 3.21. The number of H-pyrrole nitrogens is 1. The van der Waals surface area contributed by atoms with E-state index < -0.39 is 0 Å². The first kappa shape index (κ1) is 15.2. The third-order valence-corrected chi connectivity index (χ3v) is 4.65. The molecule has 0 aliphatic carbocycles. The van der Waals surface area contributed by atoms with Gasteiger partial charge < -0.3 is 14.6 Å². The quantitative estimate of drug-likeness (QED) is 0.748. The number of benzene rings is 1. The lowest BCUT2D eigenvalue weighted by molar-refractivity contribution is 0.0766. The van der Waals surface area contributed by atoms with Gasteiger partial charge in [0.1, 0.15) is 11.8 Å². The van der Waals surface area contributed by atoms with Gasteiger partial charge >= 0.3 is 0 Å². The molecule has 3 aromatic rings. The van der Waals surface area contributed by atoms with Crippen LogP contribution in [0.5, 0.6) is 5.88 Å². The number of hydrogen-bond donors (Lipinski definition) is 1. The van der Waals surface area contributed by atoms with Crippen molar-refractivity contribution in [3.8, 4) is 5.88 Å². The van der Waals surface area contributed by atoms with E-state index in [2.05, 4.69) is 25.9 Å². The Morgan fingerprint density at radius 3 is 2.96 bits per heavy atom. The van der Waals surface area contributed by atoms with Crippen LogP contribution in [-0.4, -0.2) is 40.0 Å². The number of carbonyl (C=O) groups excluding carboxylic acids is 1. The summed E-state index contributed by atoms with van der Waals surface area (Å²) in [6.45, 7) is 1.27. The summed E-state index contributed by atoms with van der Waals surface area (Å²) >= 11 is 3.35. The minimum atomic E-state index is -0.0213. The summed E-state index contributed by atoms with van der Waals surface area (Å²) in [6.07, 6.45) is 2.49. The van der Waals surface area contributed by atoms with Crippen LogP contribution in [0, 0.1) is 0 Å². The van der Waals surface area contributed by atoms with Gasteiger partial charge in [-0.2, -0.15) is 0 Å². The SMILES string of the molecule is O=C(c1cc2ccccc2[nH]1)N1CCC(Oc2ccc(Br)cn2)C1. The summed E-state index contributed by atoms with van der Waals surface area (Å²) in [5, 5.41) is 1.05. The maximum absolute atomic E-state index is 12.7. The van der Waals surface area contributed by atoms with Gasteiger partial charge in [-0.05, 0) is 34.1 Å². The smallest absolute Gasteiger partial charge is 0.270 e. The van der Waals surface area contributed by atoms with Crippen LogP contribution < -0.4 is 4.74 Å². The molecule has 1 atom stereocenters. The van der Waals surface area contributed by atoms with Gasteiger partial charge in [0.2, 0.25) is 5.88 Å². The molecule has 6 heteroatoms. The average Bonchev–Trinajstić information content (AvgIpc) is 3.23. The number of aromatic nitrogens is 2. The lowest BCUT2D eigenvalue weighted by Crippen LogP contribution is -2.31. The third-order valence-electron chi connectivity index (χ3n) is 4.18. The zero-order valence-electron chi connectivity index (χ0n) is 12.9. The first-order chi connectivity index (χ1) is 11.7. The number of halogens is 1. The molecule has 1 unspecified atom stereocenters. The van der Waals surface area contributed by atoms with Crippen molar-refractivity contribution in [1.29, 1.82) is 0 Å². The molecule has 1 N–H and O–H groups in total. The highest BCUT2D eigenvalue weighted by Crippen LogP contribution is 2.21. The third kappa shape index (κ3) is 3.01. The molecule has 1 aromatic carbocycles. The molecule has 5 nitrogen and oxygen atoms in total. The molecule has 1 aliphatic heterocycles. The first-order valence-corrected chi connectivity index (χ1v) is 8.63. The number of pyridine rings is 1. The second-order valence-electron chi connectivity index (χ2n) is 5.86. The van der Waals surface area contributed by atoms with Crippen LogP contribution in [0.25, 0.3) is 10.9 Å². The Balaban J connectivity index is 1.44. The van der Waals surface area contributed by atoms with E-state index in [1.165, 1.54) is 0 Å². The molecule has 24 heavy (non-hydrogen) atoms. The summed E-state index contributed by atoms with van der Waals surface area (Å²) in [4.78, 5) is 21.9. The molecule has 0 spiro atoms. The average molecular weight is 386 g/mol. The van der Waals surface area contributed by atoms with Crippen LogP contribution >= 0.6 is 15.9 Å². The van der Waals surface area contributed by atoms with Crippen molar-refractivity contribution in [1.82, 2.24) is 14.9 Å². The molecular formula is C18H16BrN3O2. The number of aromatic amines is 1.